The zero-order chi connectivity index (χ0) is 13.7. The lowest BCUT2D eigenvalue weighted by Crippen LogP contribution is -2.06. The molecule has 0 amide bonds. The van der Waals surface area contributed by atoms with E-state index in [1.165, 1.54) is 16.7 Å². The van der Waals surface area contributed by atoms with E-state index in [1.807, 2.05) is 19.2 Å². The van der Waals surface area contributed by atoms with E-state index in [0.717, 1.165) is 17.9 Å². The molecule has 2 rings (SSSR count). The lowest BCUT2D eigenvalue weighted by Gasteiger charge is -2.14. The predicted octanol–water partition coefficient (Wildman–Crippen LogP) is 3.00. The van der Waals surface area contributed by atoms with Gasteiger partial charge >= 0.3 is 0 Å². The number of aryl methyl sites for hydroxylation is 2. The molecule has 1 aromatic heterocycles. The maximum Gasteiger partial charge on any atom is 0.125 e. The summed E-state index contributed by atoms with van der Waals surface area (Å²) in [5, 5.41) is 3.17. The predicted molar refractivity (Wildman–Crippen MR) is 77.2 cm³/mol. The number of pyridine rings is 1. The highest BCUT2D eigenvalue weighted by atomic mass is 16.5. The molecule has 100 valence electrons. The first-order chi connectivity index (χ1) is 9.20. The summed E-state index contributed by atoms with van der Waals surface area (Å²) in [7, 11) is 1.96. The van der Waals surface area contributed by atoms with E-state index < -0.39 is 0 Å². The molecule has 1 heterocycles. The third-order valence-corrected chi connectivity index (χ3v) is 3.03. The zero-order valence-electron chi connectivity index (χ0n) is 11.7. The zero-order valence-corrected chi connectivity index (χ0v) is 11.7. The summed E-state index contributed by atoms with van der Waals surface area (Å²) < 4.78 is 5.94. The van der Waals surface area contributed by atoms with Gasteiger partial charge in [-0.05, 0) is 55.3 Å². The molecular weight excluding hydrogens is 236 g/mol. The molecule has 0 bridgehead atoms. The van der Waals surface area contributed by atoms with E-state index in [1.54, 1.807) is 12.4 Å². The Morgan fingerprint density at radius 3 is 2.26 bits per heavy atom. The molecule has 0 atom stereocenters. The van der Waals surface area contributed by atoms with Crippen LogP contribution >= 0.6 is 0 Å². The first-order valence-electron chi connectivity index (χ1n) is 6.47. The van der Waals surface area contributed by atoms with Crippen LogP contribution in [0.15, 0.2) is 36.7 Å². The number of hydrogen-bond donors (Lipinski definition) is 1. The molecule has 0 spiro atoms. The third-order valence-electron chi connectivity index (χ3n) is 3.03. The van der Waals surface area contributed by atoms with Gasteiger partial charge in [-0.25, -0.2) is 0 Å². The molecule has 0 saturated carbocycles. The highest BCUT2D eigenvalue weighted by molar-refractivity contribution is 5.43. The number of aromatic nitrogens is 1. The van der Waals surface area contributed by atoms with Crippen molar-refractivity contribution in [2.24, 2.45) is 0 Å². The van der Waals surface area contributed by atoms with Crippen LogP contribution in [0, 0.1) is 13.8 Å². The van der Waals surface area contributed by atoms with Crippen molar-refractivity contribution in [3.8, 4) is 5.75 Å². The maximum absolute atomic E-state index is 5.94. The number of nitrogens with zero attached hydrogens (tertiary/aromatic N) is 1. The molecular formula is C16H20N2O. The van der Waals surface area contributed by atoms with Gasteiger partial charge in [-0.2, -0.15) is 0 Å². The Labute approximate surface area is 114 Å². The molecule has 0 unspecified atom stereocenters. The molecule has 3 nitrogen and oxygen atoms in total. The van der Waals surface area contributed by atoms with Crippen LogP contribution in [0.3, 0.4) is 0 Å². The Morgan fingerprint density at radius 2 is 1.68 bits per heavy atom. The highest BCUT2D eigenvalue weighted by Crippen LogP contribution is 2.25. The summed E-state index contributed by atoms with van der Waals surface area (Å²) in [6.07, 6.45) is 3.57. The fraction of sp³-hybridized carbons (Fsp3) is 0.312. The SMILES string of the molecule is CNCc1cc(C)c(OCc2ccncc2)c(C)c1. The van der Waals surface area contributed by atoms with Crippen molar-refractivity contribution in [2.75, 3.05) is 7.05 Å². The van der Waals surface area contributed by atoms with E-state index in [-0.39, 0.29) is 0 Å². The standard InChI is InChI=1S/C16H20N2O/c1-12-8-15(10-17-3)9-13(2)16(12)19-11-14-4-6-18-7-5-14/h4-9,17H,10-11H2,1-3H3. The summed E-state index contributed by atoms with van der Waals surface area (Å²) >= 11 is 0. The summed E-state index contributed by atoms with van der Waals surface area (Å²) in [4.78, 5) is 4.01. The van der Waals surface area contributed by atoms with E-state index in [2.05, 4.69) is 36.3 Å². The molecule has 3 heteroatoms. The monoisotopic (exact) mass is 256 g/mol. The van der Waals surface area contributed by atoms with Crippen molar-refractivity contribution < 1.29 is 4.74 Å². The Morgan fingerprint density at radius 1 is 1.05 bits per heavy atom. The molecule has 1 aromatic carbocycles. The van der Waals surface area contributed by atoms with Gasteiger partial charge in [0.25, 0.3) is 0 Å². The number of hydrogen-bond acceptors (Lipinski definition) is 3. The molecule has 1 N–H and O–H groups in total. The van der Waals surface area contributed by atoms with Crippen molar-refractivity contribution in [3.63, 3.8) is 0 Å². The molecule has 2 aromatic rings. The van der Waals surface area contributed by atoms with E-state index >= 15 is 0 Å². The van der Waals surface area contributed by atoms with Crippen LogP contribution in [0.1, 0.15) is 22.3 Å². The first kappa shape index (κ1) is 13.6. The van der Waals surface area contributed by atoms with Crippen molar-refractivity contribution >= 4 is 0 Å². The van der Waals surface area contributed by atoms with Crippen LogP contribution < -0.4 is 10.1 Å². The Balaban J connectivity index is 2.12. The largest absolute Gasteiger partial charge is 0.488 e. The topological polar surface area (TPSA) is 34.1 Å². The number of rotatable bonds is 5. The molecule has 19 heavy (non-hydrogen) atoms. The minimum atomic E-state index is 0.579. The maximum atomic E-state index is 5.94. The first-order valence-corrected chi connectivity index (χ1v) is 6.47. The van der Waals surface area contributed by atoms with Crippen molar-refractivity contribution in [2.45, 2.75) is 27.0 Å². The molecule has 0 aliphatic carbocycles. The number of ether oxygens (including phenoxy) is 1. The van der Waals surface area contributed by atoms with Gasteiger partial charge in [-0.15, -0.1) is 0 Å². The number of nitrogens with one attached hydrogen (secondary N) is 1. The van der Waals surface area contributed by atoms with Gasteiger partial charge in [0.15, 0.2) is 0 Å². The van der Waals surface area contributed by atoms with Crippen molar-refractivity contribution in [1.82, 2.24) is 10.3 Å². The van der Waals surface area contributed by atoms with Gasteiger partial charge in [-0.1, -0.05) is 12.1 Å². The minimum absolute atomic E-state index is 0.579. The second-order valence-electron chi connectivity index (χ2n) is 4.73. The van der Waals surface area contributed by atoms with Crippen molar-refractivity contribution in [1.29, 1.82) is 0 Å². The van der Waals surface area contributed by atoms with Gasteiger partial charge in [0, 0.05) is 18.9 Å². The quantitative estimate of drug-likeness (QED) is 0.893. The van der Waals surface area contributed by atoms with Crippen LogP contribution in [0.5, 0.6) is 5.75 Å². The Bertz CT molecular complexity index is 515. The molecule has 0 aliphatic rings. The van der Waals surface area contributed by atoms with Crippen LogP contribution in [-0.4, -0.2) is 12.0 Å². The van der Waals surface area contributed by atoms with Crippen LogP contribution in [0.4, 0.5) is 0 Å². The van der Waals surface area contributed by atoms with Crippen LogP contribution in [0.25, 0.3) is 0 Å². The van der Waals surface area contributed by atoms with Gasteiger partial charge in [0.05, 0.1) is 0 Å². The molecule has 0 radical (unpaired) electrons. The fourth-order valence-electron chi connectivity index (χ4n) is 2.21. The van der Waals surface area contributed by atoms with Gasteiger partial charge < -0.3 is 10.1 Å². The third kappa shape index (κ3) is 3.55. The lowest BCUT2D eigenvalue weighted by molar-refractivity contribution is 0.301. The van der Waals surface area contributed by atoms with Gasteiger partial charge in [0.1, 0.15) is 12.4 Å². The normalized spacial score (nSPS) is 10.5. The average Bonchev–Trinajstić information content (AvgIpc) is 2.39. The fourth-order valence-corrected chi connectivity index (χ4v) is 2.21. The second kappa shape index (κ2) is 6.34. The van der Waals surface area contributed by atoms with E-state index in [4.69, 9.17) is 4.74 Å². The average molecular weight is 256 g/mol. The summed E-state index contributed by atoms with van der Waals surface area (Å²) in [5.74, 6) is 0.983. The minimum Gasteiger partial charge on any atom is -0.488 e. The lowest BCUT2D eigenvalue weighted by atomic mass is 10.1. The summed E-state index contributed by atoms with van der Waals surface area (Å²) in [6.45, 7) is 5.64. The smallest absolute Gasteiger partial charge is 0.125 e. The summed E-state index contributed by atoms with van der Waals surface area (Å²) in [6, 6.07) is 8.29. The second-order valence-corrected chi connectivity index (χ2v) is 4.73. The highest BCUT2D eigenvalue weighted by Gasteiger charge is 2.06. The van der Waals surface area contributed by atoms with Crippen molar-refractivity contribution in [3.05, 3.63) is 58.9 Å². The molecule has 0 aliphatic heterocycles. The molecule has 0 saturated heterocycles. The molecule has 0 fully saturated rings. The van der Waals surface area contributed by atoms with Crippen LogP contribution in [0.2, 0.25) is 0 Å². The van der Waals surface area contributed by atoms with Gasteiger partial charge in [0.2, 0.25) is 0 Å². The van der Waals surface area contributed by atoms with E-state index in [0.29, 0.717) is 6.61 Å². The van der Waals surface area contributed by atoms with E-state index in [9.17, 15) is 0 Å². The number of benzene rings is 1. The van der Waals surface area contributed by atoms with Gasteiger partial charge in [-0.3, -0.25) is 4.98 Å². The Hall–Kier alpha value is -1.87. The van der Waals surface area contributed by atoms with Crippen LogP contribution in [-0.2, 0) is 13.2 Å². The summed E-state index contributed by atoms with van der Waals surface area (Å²) in [5.41, 5.74) is 4.78. The Kier molecular flexibility index (Phi) is 4.53.